The molecule has 176 valence electrons. The van der Waals surface area contributed by atoms with Gasteiger partial charge in [0.05, 0.1) is 35.8 Å². The molecule has 0 radical (unpaired) electrons. The quantitative estimate of drug-likeness (QED) is 0.519. The number of thioether (sulfide) groups is 1. The Hall–Kier alpha value is -1.28. The highest BCUT2D eigenvalue weighted by Gasteiger charge is 2.76. The highest BCUT2D eigenvalue weighted by Crippen LogP contribution is 2.69. The van der Waals surface area contributed by atoms with Gasteiger partial charge in [0.2, 0.25) is 11.8 Å². The summed E-state index contributed by atoms with van der Waals surface area (Å²) in [6, 6.07) is -1.18. The number of aliphatic hydroxyl groups excluding tert-OH is 1. The number of esters is 1. The lowest BCUT2D eigenvalue weighted by Crippen LogP contribution is -2.60. The van der Waals surface area contributed by atoms with Crippen LogP contribution in [-0.4, -0.2) is 69.1 Å². The number of amides is 2. The highest BCUT2D eigenvalue weighted by molar-refractivity contribution is 8.02. The topological polar surface area (TPSA) is 95.9 Å². The normalized spacial score (nSPS) is 35.9. The van der Waals surface area contributed by atoms with Crippen molar-refractivity contribution in [1.82, 2.24) is 10.2 Å². The lowest BCUT2D eigenvalue weighted by atomic mass is 9.66. The Bertz CT molecular complexity index is 716. The van der Waals surface area contributed by atoms with Gasteiger partial charge in [-0.3, -0.25) is 14.4 Å². The molecule has 3 aliphatic rings. The molecule has 1 spiro atoms. The van der Waals surface area contributed by atoms with Crippen molar-refractivity contribution >= 4 is 29.5 Å². The Morgan fingerprint density at radius 2 is 2.00 bits per heavy atom. The van der Waals surface area contributed by atoms with Crippen LogP contribution in [0.1, 0.15) is 60.8 Å². The van der Waals surface area contributed by atoms with Gasteiger partial charge in [0.15, 0.2) is 0 Å². The van der Waals surface area contributed by atoms with Gasteiger partial charge in [-0.05, 0) is 38.5 Å². The Labute approximate surface area is 190 Å². The number of carbonyl (C=O) groups is 3. The van der Waals surface area contributed by atoms with E-state index in [9.17, 15) is 19.5 Å². The number of hydrogen-bond acceptors (Lipinski definition) is 6. The Morgan fingerprint density at radius 3 is 2.55 bits per heavy atom. The molecule has 2 amide bonds. The standard InChI is InChI=1S/C23H38N2O5S/c1-7-9-14(6)24-20(27)19-23-13(5)10-16(31-23)17(22(29)30-8-2)18(23)21(28)25(19)15(11-26)12(3)4/h12-19,26H,7-11H2,1-6H3,(H,24,27)/t13?,14?,15-,16+,17-,18-,19?,23?/m0/s1. The molecule has 3 saturated heterocycles. The summed E-state index contributed by atoms with van der Waals surface area (Å²) in [7, 11) is 0. The molecular formula is C23H38N2O5S. The summed E-state index contributed by atoms with van der Waals surface area (Å²) in [4.78, 5) is 42.1. The third kappa shape index (κ3) is 3.77. The van der Waals surface area contributed by atoms with Gasteiger partial charge in [-0.15, -0.1) is 11.8 Å². The van der Waals surface area contributed by atoms with Crippen molar-refractivity contribution in [3.63, 3.8) is 0 Å². The maximum Gasteiger partial charge on any atom is 0.310 e. The Balaban J connectivity index is 2.07. The van der Waals surface area contributed by atoms with Crippen LogP contribution >= 0.6 is 11.8 Å². The second kappa shape index (κ2) is 9.30. The second-order valence-electron chi connectivity index (χ2n) is 9.74. The van der Waals surface area contributed by atoms with Crippen LogP contribution < -0.4 is 5.32 Å². The first-order valence-corrected chi connectivity index (χ1v) is 12.6. The summed E-state index contributed by atoms with van der Waals surface area (Å²) in [5, 5.41) is 13.3. The summed E-state index contributed by atoms with van der Waals surface area (Å²) < 4.78 is 4.69. The minimum atomic E-state index is -0.701. The van der Waals surface area contributed by atoms with Gasteiger partial charge in [-0.1, -0.05) is 34.1 Å². The van der Waals surface area contributed by atoms with E-state index >= 15 is 0 Å². The first-order chi connectivity index (χ1) is 14.6. The van der Waals surface area contributed by atoms with Gasteiger partial charge in [-0.25, -0.2) is 0 Å². The lowest BCUT2D eigenvalue weighted by molar-refractivity contribution is -0.154. The molecule has 0 aromatic carbocycles. The van der Waals surface area contributed by atoms with Crippen LogP contribution in [-0.2, 0) is 19.1 Å². The highest BCUT2D eigenvalue weighted by atomic mass is 32.2. The molecule has 4 unspecified atom stereocenters. The number of ether oxygens (including phenoxy) is 1. The third-order valence-corrected chi connectivity index (χ3v) is 9.49. The molecule has 7 nitrogen and oxygen atoms in total. The molecule has 31 heavy (non-hydrogen) atoms. The number of likely N-dealkylation sites (tertiary alicyclic amines) is 1. The number of aliphatic hydroxyl groups is 1. The number of nitrogens with one attached hydrogen (secondary N) is 1. The van der Waals surface area contributed by atoms with Crippen molar-refractivity contribution < 1.29 is 24.2 Å². The van der Waals surface area contributed by atoms with Gasteiger partial charge in [0, 0.05) is 11.3 Å². The zero-order chi connectivity index (χ0) is 23.1. The summed E-state index contributed by atoms with van der Waals surface area (Å²) in [5.41, 5.74) is 0. The Morgan fingerprint density at radius 1 is 1.32 bits per heavy atom. The van der Waals surface area contributed by atoms with Crippen molar-refractivity contribution in [3.8, 4) is 0 Å². The number of carbonyl (C=O) groups excluding carboxylic acids is 3. The molecule has 0 aliphatic carbocycles. The minimum absolute atomic E-state index is 0.00343. The van der Waals surface area contributed by atoms with Gasteiger partial charge < -0.3 is 20.1 Å². The predicted octanol–water partition coefficient (Wildman–Crippen LogP) is 2.21. The van der Waals surface area contributed by atoms with Crippen LogP contribution in [0.25, 0.3) is 0 Å². The van der Waals surface area contributed by atoms with Gasteiger partial charge in [-0.2, -0.15) is 0 Å². The monoisotopic (exact) mass is 454 g/mol. The molecule has 2 bridgehead atoms. The minimum Gasteiger partial charge on any atom is -0.466 e. The van der Waals surface area contributed by atoms with E-state index in [1.807, 2.05) is 20.8 Å². The average molecular weight is 455 g/mol. The van der Waals surface area contributed by atoms with Crippen molar-refractivity contribution in [3.05, 3.63) is 0 Å². The molecule has 2 N–H and O–H groups in total. The van der Waals surface area contributed by atoms with Crippen molar-refractivity contribution in [2.75, 3.05) is 13.2 Å². The van der Waals surface area contributed by atoms with E-state index in [1.165, 1.54) is 0 Å². The first-order valence-electron chi connectivity index (χ1n) is 11.7. The van der Waals surface area contributed by atoms with Crippen LogP contribution in [0, 0.1) is 23.7 Å². The summed E-state index contributed by atoms with van der Waals surface area (Å²) in [5.74, 6) is -1.72. The molecule has 3 heterocycles. The summed E-state index contributed by atoms with van der Waals surface area (Å²) in [6.45, 7) is 11.9. The van der Waals surface area contributed by atoms with E-state index in [1.54, 1.807) is 23.6 Å². The smallest absolute Gasteiger partial charge is 0.310 e. The fraction of sp³-hybridized carbons (Fsp3) is 0.870. The predicted molar refractivity (Wildman–Crippen MR) is 120 cm³/mol. The average Bonchev–Trinajstić information content (AvgIpc) is 3.27. The third-order valence-electron chi connectivity index (χ3n) is 7.41. The fourth-order valence-electron chi connectivity index (χ4n) is 6.07. The van der Waals surface area contributed by atoms with Gasteiger partial charge in [0.25, 0.3) is 0 Å². The van der Waals surface area contributed by atoms with E-state index in [0.29, 0.717) is 0 Å². The van der Waals surface area contributed by atoms with Crippen LogP contribution in [0.4, 0.5) is 0 Å². The van der Waals surface area contributed by atoms with E-state index < -0.39 is 28.7 Å². The maximum atomic E-state index is 13.9. The number of fused-ring (bicyclic) bond motifs is 1. The fourth-order valence-corrected chi connectivity index (χ4v) is 8.47. The first kappa shape index (κ1) is 24.4. The SMILES string of the molecule is CCCC(C)NC(=O)C1N([C@@H](CO)C(C)C)C(=O)[C@@H]2[C@@H](C(=O)OCC)[C@H]3CC(C)C12S3. The van der Waals surface area contributed by atoms with Crippen molar-refractivity contribution in [2.24, 2.45) is 23.7 Å². The molecule has 3 aliphatic heterocycles. The van der Waals surface area contributed by atoms with E-state index in [0.717, 1.165) is 19.3 Å². The molecular weight excluding hydrogens is 416 g/mol. The molecule has 0 aromatic rings. The second-order valence-corrected chi connectivity index (χ2v) is 11.3. The van der Waals surface area contributed by atoms with E-state index in [4.69, 9.17) is 4.74 Å². The van der Waals surface area contributed by atoms with Crippen LogP contribution in [0.5, 0.6) is 0 Å². The summed E-state index contributed by atoms with van der Waals surface area (Å²) >= 11 is 1.64. The molecule has 0 saturated carbocycles. The number of nitrogens with zero attached hydrogens (tertiary/aromatic N) is 1. The van der Waals surface area contributed by atoms with Crippen molar-refractivity contribution in [1.29, 1.82) is 0 Å². The van der Waals surface area contributed by atoms with Gasteiger partial charge >= 0.3 is 5.97 Å². The number of hydrogen-bond donors (Lipinski definition) is 2. The molecule has 8 atom stereocenters. The largest absolute Gasteiger partial charge is 0.466 e. The van der Waals surface area contributed by atoms with Crippen LogP contribution in [0.3, 0.4) is 0 Å². The van der Waals surface area contributed by atoms with Crippen LogP contribution in [0.2, 0.25) is 0 Å². The Kier molecular flexibility index (Phi) is 7.31. The zero-order valence-electron chi connectivity index (χ0n) is 19.6. The summed E-state index contributed by atoms with van der Waals surface area (Å²) in [6.07, 6.45) is 2.59. The number of rotatable bonds is 9. The van der Waals surface area contributed by atoms with Crippen molar-refractivity contribution in [2.45, 2.75) is 88.9 Å². The van der Waals surface area contributed by atoms with Gasteiger partial charge in [0.1, 0.15) is 6.04 Å². The molecule has 0 aromatic heterocycles. The zero-order valence-corrected chi connectivity index (χ0v) is 20.4. The molecule has 3 rings (SSSR count). The lowest BCUT2D eigenvalue weighted by Gasteiger charge is -2.41. The molecule has 3 fully saturated rings. The van der Waals surface area contributed by atoms with E-state index in [2.05, 4.69) is 19.2 Å². The molecule has 8 heteroatoms. The van der Waals surface area contributed by atoms with Crippen LogP contribution in [0.15, 0.2) is 0 Å². The maximum absolute atomic E-state index is 13.9. The van der Waals surface area contributed by atoms with E-state index in [-0.39, 0.29) is 54.1 Å².